The lowest BCUT2D eigenvalue weighted by atomic mass is 10.0. The van der Waals surface area contributed by atoms with Gasteiger partial charge in [0.1, 0.15) is 0 Å². The van der Waals surface area contributed by atoms with E-state index >= 15 is 0 Å². The van der Waals surface area contributed by atoms with Crippen LogP contribution in [0.25, 0.3) is 0 Å². The smallest absolute Gasteiger partial charge is 0.225 e. The van der Waals surface area contributed by atoms with Gasteiger partial charge >= 0.3 is 0 Å². The van der Waals surface area contributed by atoms with Gasteiger partial charge in [-0.3, -0.25) is 14.6 Å². The molecule has 1 atom stereocenters. The first kappa shape index (κ1) is 18.6. The Morgan fingerprint density at radius 1 is 1.33 bits per heavy atom. The molecule has 0 radical (unpaired) electrons. The van der Waals surface area contributed by atoms with Crippen molar-refractivity contribution in [2.24, 2.45) is 0 Å². The minimum Gasteiger partial charge on any atom is -0.314 e. The summed E-state index contributed by atoms with van der Waals surface area (Å²) in [7, 11) is 0. The zero-order chi connectivity index (χ0) is 18.8. The molecule has 1 amide bonds. The van der Waals surface area contributed by atoms with E-state index in [1.54, 1.807) is 18.3 Å². The monoisotopic (exact) mass is 384 g/mol. The van der Waals surface area contributed by atoms with E-state index in [1.807, 2.05) is 4.90 Å². The SMILES string of the molecule is CCc1ccc(C2CNCCN2Cc2csc(N(C(C)=O)C3CC3)n2)cc1. The van der Waals surface area contributed by atoms with Gasteiger partial charge in [-0.1, -0.05) is 31.2 Å². The molecule has 1 saturated heterocycles. The molecule has 1 aliphatic carbocycles. The number of aromatic nitrogens is 1. The number of thiazole rings is 1. The molecule has 1 N–H and O–H groups in total. The van der Waals surface area contributed by atoms with Crippen molar-refractivity contribution < 1.29 is 4.79 Å². The van der Waals surface area contributed by atoms with E-state index < -0.39 is 0 Å². The summed E-state index contributed by atoms with van der Waals surface area (Å²) in [5.41, 5.74) is 3.81. The van der Waals surface area contributed by atoms with Gasteiger partial charge in [0.25, 0.3) is 0 Å². The van der Waals surface area contributed by atoms with E-state index in [0.29, 0.717) is 12.1 Å². The van der Waals surface area contributed by atoms with Crippen molar-refractivity contribution in [3.63, 3.8) is 0 Å². The van der Waals surface area contributed by atoms with Crippen molar-refractivity contribution in [1.82, 2.24) is 15.2 Å². The second-order valence-corrected chi connectivity index (χ2v) is 8.36. The molecule has 2 fully saturated rings. The quantitative estimate of drug-likeness (QED) is 0.830. The maximum atomic E-state index is 12.0. The Morgan fingerprint density at radius 3 is 2.78 bits per heavy atom. The number of rotatable bonds is 6. The molecule has 1 unspecified atom stereocenters. The van der Waals surface area contributed by atoms with Crippen LogP contribution in [-0.4, -0.2) is 41.5 Å². The molecule has 4 rings (SSSR count). The number of hydrogen-bond acceptors (Lipinski definition) is 5. The van der Waals surface area contributed by atoms with Crippen molar-refractivity contribution in [1.29, 1.82) is 0 Å². The largest absolute Gasteiger partial charge is 0.314 e. The molecule has 6 heteroatoms. The average molecular weight is 385 g/mol. The van der Waals surface area contributed by atoms with Gasteiger partial charge < -0.3 is 5.32 Å². The number of nitrogens with zero attached hydrogens (tertiary/aromatic N) is 3. The fraction of sp³-hybridized carbons (Fsp3) is 0.524. The van der Waals surface area contributed by atoms with Crippen LogP contribution in [0.2, 0.25) is 0 Å². The highest BCUT2D eigenvalue weighted by molar-refractivity contribution is 7.14. The number of hydrogen-bond donors (Lipinski definition) is 1. The summed E-state index contributed by atoms with van der Waals surface area (Å²) in [6.45, 7) is 7.63. The summed E-state index contributed by atoms with van der Waals surface area (Å²) < 4.78 is 0. The Hall–Kier alpha value is -1.76. The third-order valence-corrected chi connectivity index (χ3v) is 6.38. The Kier molecular flexibility index (Phi) is 5.57. The van der Waals surface area contributed by atoms with Crippen LogP contribution in [0.3, 0.4) is 0 Å². The molecule has 2 heterocycles. The van der Waals surface area contributed by atoms with Gasteiger partial charge in [-0.25, -0.2) is 4.98 Å². The second kappa shape index (κ2) is 8.09. The van der Waals surface area contributed by atoms with E-state index in [2.05, 4.69) is 46.8 Å². The lowest BCUT2D eigenvalue weighted by molar-refractivity contribution is -0.116. The number of benzene rings is 1. The molecule has 1 saturated carbocycles. The predicted octanol–water partition coefficient (Wildman–Crippen LogP) is 3.37. The van der Waals surface area contributed by atoms with E-state index in [1.165, 1.54) is 11.1 Å². The molecular weight excluding hydrogens is 356 g/mol. The number of amides is 1. The first-order valence-electron chi connectivity index (χ1n) is 9.93. The Balaban J connectivity index is 1.49. The topological polar surface area (TPSA) is 48.5 Å². The average Bonchev–Trinajstić information content (AvgIpc) is 3.41. The van der Waals surface area contributed by atoms with Crippen LogP contribution in [0.4, 0.5) is 5.13 Å². The van der Waals surface area contributed by atoms with Gasteiger partial charge in [0.15, 0.2) is 5.13 Å². The van der Waals surface area contributed by atoms with Crippen molar-refractivity contribution in [3.05, 3.63) is 46.5 Å². The molecule has 1 aromatic carbocycles. The zero-order valence-corrected chi connectivity index (χ0v) is 17.0. The maximum absolute atomic E-state index is 12.0. The predicted molar refractivity (Wildman–Crippen MR) is 110 cm³/mol. The van der Waals surface area contributed by atoms with Gasteiger partial charge in [0.05, 0.1) is 5.69 Å². The van der Waals surface area contributed by atoms with Crippen LogP contribution < -0.4 is 10.2 Å². The van der Waals surface area contributed by atoms with Crippen molar-refractivity contribution in [3.8, 4) is 0 Å². The van der Waals surface area contributed by atoms with E-state index in [-0.39, 0.29) is 5.91 Å². The van der Waals surface area contributed by atoms with Gasteiger partial charge in [0, 0.05) is 50.6 Å². The highest BCUT2D eigenvalue weighted by Crippen LogP contribution is 2.34. The van der Waals surface area contributed by atoms with Crippen LogP contribution >= 0.6 is 11.3 Å². The first-order chi connectivity index (χ1) is 13.2. The van der Waals surface area contributed by atoms with Gasteiger partial charge in [-0.15, -0.1) is 11.3 Å². The van der Waals surface area contributed by atoms with E-state index in [9.17, 15) is 4.79 Å². The maximum Gasteiger partial charge on any atom is 0.225 e. The van der Waals surface area contributed by atoms with Crippen LogP contribution in [0.1, 0.15) is 49.6 Å². The number of piperazine rings is 1. The third kappa shape index (κ3) is 4.23. The van der Waals surface area contributed by atoms with Gasteiger partial charge in [-0.05, 0) is 30.4 Å². The minimum absolute atomic E-state index is 0.106. The molecule has 0 spiro atoms. The minimum atomic E-state index is 0.106. The zero-order valence-electron chi connectivity index (χ0n) is 16.1. The van der Waals surface area contributed by atoms with Crippen molar-refractivity contribution in [2.75, 3.05) is 24.5 Å². The van der Waals surface area contributed by atoms with Crippen LogP contribution in [0.15, 0.2) is 29.6 Å². The van der Waals surface area contributed by atoms with Crippen LogP contribution in [-0.2, 0) is 17.8 Å². The fourth-order valence-electron chi connectivity index (χ4n) is 3.81. The second-order valence-electron chi connectivity index (χ2n) is 7.53. The normalized spacial score (nSPS) is 20.6. The highest BCUT2D eigenvalue weighted by Gasteiger charge is 2.34. The molecule has 1 aliphatic heterocycles. The number of carbonyl (C=O) groups is 1. The third-order valence-electron chi connectivity index (χ3n) is 5.49. The summed E-state index contributed by atoms with van der Waals surface area (Å²) in [6, 6.07) is 9.74. The van der Waals surface area contributed by atoms with Crippen LogP contribution in [0.5, 0.6) is 0 Å². The number of anilines is 1. The van der Waals surface area contributed by atoms with Crippen LogP contribution in [0, 0.1) is 0 Å². The summed E-state index contributed by atoms with van der Waals surface area (Å²) >= 11 is 1.60. The van der Waals surface area contributed by atoms with Gasteiger partial charge in [0.2, 0.25) is 5.91 Å². The number of aryl methyl sites for hydroxylation is 1. The molecule has 0 bridgehead atoms. The van der Waals surface area contributed by atoms with Crippen molar-refractivity contribution in [2.45, 2.75) is 51.7 Å². The van der Waals surface area contributed by atoms with E-state index in [0.717, 1.165) is 56.3 Å². The van der Waals surface area contributed by atoms with E-state index in [4.69, 9.17) is 4.98 Å². The standard InChI is InChI=1S/C21H28N4OS/c1-3-16-4-6-17(7-5-16)20-12-22-10-11-24(20)13-18-14-27-21(23-18)25(15(2)26)19-8-9-19/h4-7,14,19-20,22H,3,8-13H2,1-2H3. The Labute approximate surface area is 165 Å². The molecular formula is C21H28N4OS. The highest BCUT2D eigenvalue weighted by atomic mass is 32.1. The molecule has 5 nitrogen and oxygen atoms in total. The summed E-state index contributed by atoms with van der Waals surface area (Å²) in [5.74, 6) is 0.106. The summed E-state index contributed by atoms with van der Waals surface area (Å²) in [6.07, 6.45) is 3.27. The lowest BCUT2D eigenvalue weighted by Crippen LogP contribution is -2.45. The molecule has 144 valence electrons. The molecule has 1 aromatic heterocycles. The Morgan fingerprint density at radius 2 is 2.11 bits per heavy atom. The molecule has 2 aromatic rings. The number of nitrogens with one attached hydrogen (secondary N) is 1. The molecule has 27 heavy (non-hydrogen) atoms. The van der Waals surface area contributed by atoms with Gasteiger partial charge in [-0.2, -0.15) is 0 Å². The molecule has 2 aliphatic rings. The number of carbonyl (C=O) groups excluding carboxylic acids is 1. The summed E-state index contributed by atoms with van der Waals surface area (Å²) in [4.78, 5) is 21.2. The fourth-order valence-corrected chi connectivity index (χ4v) is 4.74. The van der Waals surface area contributed by atoms with Crippen molar-refractivity contribution >= 4 is 22.4 Å². The summed E-state index contributed by atoms with van der Waals surface area (Å²) in [5, 5.41) is 6.51. The first-order valence-corrected chi connectivity index (χ1v) is 10.8. The lowest BCUT2D eigenvalue weighted by Gasteiger charge is -2.36. The Bertz CT molecular complexity index is 784.